The lowest BCUT2D eigenvalue weighted by Crippen LogP contribution is -2.44. The quantitative estimate of drug-likeness (QED) is 0.258. The van der Waals surface area contributed by atoms with Crippen LogP contribution in [-0.4, -0.2) is 74.6 Å². The number of carbonyl (C=O) groups is 1. The third-order valence-electron chi connectivity index (χ3n) is 5.84. The molecule has 2 nitrogen and oxygen atoms in total. The van der Waals surface area contributed by atoms with Crippen molar-refractivity contribution in [2.75, 3.05) is 68.7 Å². The molecule has 182 valence electrons. The van der Waals surface area contributed by atoms with E-state index in [9.17, 15) is 4.79 Å². The van der Waals surface area contributed by atoms with Crippen molar-refractivity contribution in [1.82, 2.24) is 0 Å². The maximum Gasteiger partial charge on any atom is 0.312 e. The molecule has 0 heterocycles. The Bertz CT molecular complexity index is 530. The predicted molar refractivity (Wildman–Crippen MR) is 151 cm³/mol. The number of carbonyl (C=O) groups excluding carboxylic acids is 1. The van der Waals surface area contributed by atoms with Crippen molar-refractivity contribution in [3.63, 3.8) is 0 Å². The minimum Gasteiger partial charge on any atom is -0.464 e. The summed E-state index contributed by atoms with van der Waals surface area (Å²) in [6.45, 7) is 15.9. The third-order valence-corrected chi connectivity index (χ3v) is 48.3. The second-order valence-electron chi connectivity index (χ2n) is 12.9. The van der Waals surface area contributed by atoms with Crippen LogP contribution >= 0.6 is 34.3 Å². The summed E-state index contributed by atoms with van der Waals surface area (Å²) in [6.07, 6.45) is 23.3. The molecular formula is C23H54O2S4. The van der Waals surface area contributed by atoms with E-state index in [1.165, 1.54) is 0 Å². The van der Waals surface area contributed by atoms with Gasteiger partial charge in [-0.1, -0.05) is 41.5 Å². The largest absolute Gasteiger partial charge is 0.464 e. The maximum atomic E-state index is 13.4. The van der Waals surface area contributed by atoms with Gasteiger partial charge >= 0.3 is 5.97 Å². The first kappa shape index (κ1) is 29.9. The highest BCUT2D eigenvalue weighted by Gasteiger charge is 2.49. The topological polar surface area (TPSA) is 26.3 Å². The summed E-state index contributed by atoms with van der Waals surface area (Å²) in [5, 5.41) is 0. The molecule has 0 aliphatic heterocycles. The molecule has 1 unspecified atom stereocenters. The Kier molecular flexibility index (Phi) is 9.29. The summed E-state index contributed by atoms with van der Waals surface area (Å²) in [5.41, 5.74) is -0.543. The van der Waals surface area contributed by atoms with E-state index < -0.39 is 39.7 Å². The first-order valence-electron chi connectivity index (χ1n) is 10.4. The second kappa shape index (κ2) is 9.02. The van der Waals surface area contributed by atoms with Gasteiger partial charge in [0.25, 0.3) is 0 Å². The van der Waals surface area contributed by atoms with Crippen molar-refractivity contribution in [2.24, 2.45) is 16.2 Å². The summed E-state index contributed by atoms with van der Waals surface area (Å²) >= 11 is 0. The van der Waals surface area contributed by atoms with Gasteiger partial charge in [0.1, 0.15) is 6.61 Å². The minimum atomic E-state index is -0.884. The van der Waals surface area contributed by atoms with Crippen LogP contribution in [-0.2, 0) is 9.53 Å². The number of rotatable bonds is 8. The molecule has 0 aliphatic carbocycles. The summed E-state index contributed by atoms with van der Waals surface area (Å²) in [7, 11) is -3.18. The van der Waals surface area contributed by atoms with Crippen molar-refractivity contribution in [3.05, 3.63) is 0 Å². The summed E-state index contributed by atoms with van der Waals surface area (Å²) in [6, 6.07) is 0. The molecule has 0 radical (unpaired) electrons. The zero-order chi connectivity index (χ0) is 23.9. The molecule has 0 bridgehead atoms. The van der Waals surface area contributed by atoms with E-state index in [1.54, 1.807) is 0 Å². The lowest BCUT2D eigenvalue weighted by Gasteiger charge is -2.72. The molecule has 0 saturated heterocycles. The van der Waals surface area contributed by atoms with Gasteiger partial charge in [-0.25, -0.2) is 27.2 Å². The highest BCUT2D eigenvalue weighted by molar-refractivity contribution is 9.63. The molecule has 0 amide bonds. The summed E-state index contributed by atoms with van der Waals surface area (Å²) in [5.74, 6) is 1.05. The Morgan fingerprint density at radius 3 is 1.28 bits per heavy atom. The summed E-state index contributed by atoms with van der Waals surface area (Å²) in [4.78, 5) is 13.4. The van der Waals surface area contributed by atoms with Gasteiger partial charge in [0, 0.05) is 5.75 Å². The lowest BCUT2D eigenvalue weighted by atomic mass is 9.61. The fourth-order valence-electron chi connectivity index (χ4n) is 4.69. The van der Waals surface area contributed by atoms with E-state index in [4.69, 9.17) is 4.74 Å². The molecule has 0 spiro atoms. The zero-order valence-electron chi connectivity index (χ0n) is 22.6. The van der Waals surface area contributed by atoms with Gasteiger partial charge in [0.2, 0.25) is 0 Å². The first-order valence-corrected chi connectivity index (χ1v) is 22.3. The Balaban J connectivity index is 5.86. The van der Waals surface area contributed by atoms with Crippen LogP contribution < -0.4 is 0 Å². The Morgan fingerprint density at radius 2 is 1.03 bits per heavy atom. The Labute approximate surface area is 188 Å². The van der Waals surface area contributed by atoms with E-state index >= 15 is 0 Å². The summed E-state index contributed by atoms with van der Waals surface area (Å²) < 4.78 is 6.14. The van der Waals surface area contributed by atoms with Gasteiger partial charge in [0.05, 0.1) is 5.41 Å². The van der Waals surface area contributed by atoms with Gasteiger partial charge in [-0.2, -0.15) is 0 Å². The van der Waals surface area contributed by atoms with Crippen LogP contribution in [0.5, 0.6) is 0 Å². The SMILES string of the molecule is CC(C)(C)CC(C)(C(=O)OCCS(S(C)(C)C)(S(C)(C)C)S(C)(C)C)C(C)(C)C. The Hall–Kier alpha value is 0.870. The zero-order valence-corrected chi connectivity index (χ0v) is 25.8. The number of esters is 1. The van der Waals surface area contributed by atoms with E-state index in [1.807, 2.05) is 0 Å². The van der Waals surface area contributed by atoms with Crippen molar-refractivity contribution in [3.8, 4) is 0 Å². The van der Waals surface area contributed by atoms with Crippen LogP contribution in [0.3, 0.4) is 0 Å². The maximum absolute atomic E-state index is 13.4. The average Bonchev–Trinajstić information content (AvgIpc) is 2.35. The van der Waals surface area contributed by atoms with Crippen molar-refractivity contribution in [2.45, 2.75) is 54.9 Å². The standard InChI is InChI=1S/C23H54O2S4/c1-21(2,3)19-23(7,22(4,5)6)20(24)25-17-18-29(26(8,9)10,27(11,12)13)28(14,15)16/h17-19H2,1-16H3. The van der Waals surface area contributed by atoms with Gasteiger partial charge in [0.15, 0.2) is 0 Å². The molecule has 0 aromatic carbocycles. The molecule has 0 N–H and O–H groups in total. The van der Waals surface area contributed by atoms with Crippen LogP contribution in [0.2, 0.25) is 0 Å². The van der Waals surface area contributed by atoms with Gasteiger partial charge < -0.3 is 4.74 Å². The van der Waals surface area contributed by atoms with E-state index in [0.717, 1.165) is 12.2 Å². The number of hydrogen-bond donors (Lipinski definition) is 0. The van der Waals surface area contributed by atoms with Crippen LogP contribution in [0.15, 0.2) is 0 Å². The van der Waals surface area contributed by atoms with Gasteiger partial charge in [-0.05, 0) is 80.5 Å². The molecular weight excluding hydrogens is 437 g/mol. The fraction of sp³-hybridized carbons (Fsp3) is 0.957. The number of hydrogen-bond acceptors (Lipinski definition) is 2. The molecule has 0 aliphatic rings. The van der Waals surface area contributed by atoms with E-state index in [0.29, 0.717) is 6.61 Å². The smallest absolute Gasteiger partial charge is 0.312 e. The number of ether oxygens (including phenoxy) is 1. The van der Waals surface area contributed by atoms with E-state index in [-0.39, 0.29) is 16.8 Å². The van der Waals surface area contributed by atoms with Crippen molar-refractivity contribution < 1.29 is 9.53 Å². The van der Waals surface area contributed by atoms with Crippen molar-refractivity contribution >= 4 is 40.3 Å². The van der Waals surface area contributed by atoms with Crippen LogP contribution in [0, 0.1) is 16.2 Å². The Morgan fingerprint density at radius 1 is 0.690 bits per heavy atom. The van der Waals surface area contributed by atoms with Gasteiger partial charge in [-0.15, -0.1) is 7.12 Å². The van der Waals surface area contributed by atoms with Crippen LogP contribution in [0.4, 0.5) is 0 Å². The lowest BCUT2D eigenvalue weighted by molar-refractivity contribution is -0.164. The van der Waals surface area contributed by atoms with E-state index in [2.05, 4.69) is 105 Å². The van der Waals surface area contributed by atoms with Crippen molar-refractivity contribution in [1.29, 1.82) is 0 Å². The third kappa shape index (κ3) is 6.68. The molecule has 0 fully saturated rings. The monoisotopic (exact) mass is 490 g/mol. The first-order chi connectivity index (χ1) is 12.3. The molecule has 1 atom stereocenters. The normalized spacial score (nSPS) is 19.3. The molecule has 0 saturated carbocycles. The highest BCUT2D eigenvalue weighted by atomic mass is 33.9. The van der Waals surface area contributed by atoms with Crippen LogP contribution in [0.25, 0.3) is 0 Å². The molecule has 6 heteroatoms. The minimum absolute atomic E-state index is 0.00930. The molecule has 29 heavy (non-hydrogen) atoms. The molecule has 0 rings (SSSR count). The second-order valence-corrected chi connectivity index (χ2v) is 40.8. The predicted octanol–water partition coefficient (Wildman–Crippen LogP) is 7.65. The van der Waals surface area contributed by atoms with Crippen LogP contribution in [0.1, 0.15) is 54.9 Å². The molecule has 0 aromatic rings. The average molecular weight is 491 g/mol. The van der Waals surface area contributed by atoms with Gasteiger partial charge in [-0.3, -0.25) is 4.79 Å². The highest BCUT2D eigenvalue weighted by Crippen LogP contribution is 3.05. The fourth-order valence-corrected chi connectivity index (χ4v) is 59.4. The molecule has 0 aromatic heterocycles.